The third kappa shape index (κ3) is 2.95. The summed E-state index contributed by atoms with van der Waals surface area (Å²) in [5, 5.41) is 7.92. The molecule has 1 aliphatic rings. The molecule has 0 aliphatic carbocycles. The average molecular weight is 366 g/mol. The first-order chi connectivity index (χ1) is 13.1. The normalized spacial score (nSPS) is 12.3. The molecule has 27 heavy (non-hydrogen) atoms. The van der Waals surface area contributed by atoms with E-state index in [0.717, 1.165) is 16.7 Å². The van der Waals surface area contributed by atoms with Gasteiger partial charge in [-0.2, -0.15) is 5.10 Å². The number of hydrogen-bond acceptors (Lipinski definition) is 6. The number of anilines is 1. The van der Waals surface area contributed by atoms with Crippen LogP contribution in [0.2, 0.25) is 0 Å². The van der Waals surface area contributed by atoms with Gasteiger partial charge in [0.05, 0.1) is 11.1 Å². The molecule has 2 heterocycles. The van der Waals surface area contributed by atoms with Crippen molar-refractivity contribution in [2.24, 2.45) is 0 Å². The molecule has 0 spiro atoms. The molecule has 0 atom stereocenters. The first-order valence-corrected chi connectivity index (χ1v) is 8.59. The molecule has 4 rings (SSSR count). The van der Waals surface area contributed by atoms with Crippen LogP contribution in [0, 0.1) is 0 Å². The van der Waals surface area contributed by atoms with Crippen molar-refractivity contribution in [2.75, 3.05) is 19.1 Å². The fraction of sp³-hybridized carbons (Fsp3) is 0.211. The van der Waals surface area contributed by atoms with Crippen molar-refractivity contribution in [3.8, 4) is 22.8 Å². The van der Waals surface area contributed by atoms with Crippen LogP contribution in [0.3, 0.4) is 0 Å². The molecule has 138 valence electrons. The van der Waals surface area contributed by atoms with Crippen LogP contribution in [0.15, 0.2) is 41.2 Å². The van der Waals surface area contributed by atoms with Gasteiger partial charge in [0, 0.05) is 23.2 Å². The molecule has 1 aliphatic heterocycles. The van der Waals surface area contributed by atoms with Gasteiger partial charge >= 0.3 is 6.03 Å². The largest absolute Gasteiger partial charge is 0.454 e. The minimum atomic E-state index is -0.571. The molecular formula is C19H18N4O4. The van der Waals surface area contributed by atoms with Gasteiger partial charge in [-0.25, -0.2) is 4.79 Å². The van der Waals surface area contributed by atoms with E-state index in [9.17, 15) is 9.59 Å². The van der Waals surface area contributed by atoms with Gasteiger partial charge < -0.3 is 20.5 Å². The van der Waals surface area contributed by atoms with Crippen molar-refractivity contribution in [3.63, 3.8) is 0 Å². The van der Waals surface area contributed by atoms with E-state index in [1.165, 1.54) is 0 Å². The highest BCUT2D eigenvalue weighted by Gasteiger charge is 2.21. The second kappa shape index (κ2) is 6.64. The summed E-state index contributed by atoms with van der Waals surface area (Å²) < 4.78 is 11.7. The molecule has 3 aromatic rings. The molecule has 8 nitrogen and oxygen atoms in total. The molecule has 1 amide bonds. The van der Waals surface area contributed by atoms with Crippen LogP contribution in [-0.2, 0) is 0 Å². The summed E-state index contributed by atoms with van der Waals surface area (Å²) >= 11 is 0. The molecule has 8 heteroatoms. The summed E-state index contributed by atoms with van der Waals surface area (Å²) in [7, 11) is 0. The van der Waals surface area contributed by atoms with Crippen molar-refractivity contribution < 1.29 is 14.3 Å². The molecular weight excluding hydrogens is 348 g/mol. The predicted octanol–water partition coefficient (Wildman–Crippen LogP) is 2.34. The lowest BCUT2D eigenvalue weighted by atomic mass is 10.0. The van der Waals surface area contributed by atoms with Crippen molar-refractivity contribution in [3.05, 3.63) is 46.8 Å². The maximum Gasteiger partial charge on any atom is 0.345 e. The van der Waals surface area contributed by atoms with Gasteiger partial charge in [-0.1, -0.05) is 19.1 Å². The van der Waals surface area contributed by atoms with Crippen molar-refractivity contribution in [1.29, 1.82) is 0 Å². The van der Waals surface area contributed by atoms with Crippen LogP contribution in [0.4, 0.5) is 10.5 Å². The van der Waals surface area contributed by atoms with Gasteiger partial charge in [0.1, 0.15) is 0 Å². The summed E-state index contributed by atoms with van der Waals surface area (Å²) in [5.74, 6) is 1.00. The zero-order valence-corrected chi connectivity index (χ0v) is 14.7. The second-order valence-corrected chi connectivity index (χ2v) is 6.17. The Morgan fingerprint density at radius 3 is 2.52 bits per heavy atom. The highest BCUT2D eigenvalue weighted by Crippen LogP contribution is 2.37. The number of ether oxygens (including phenoxy) is 2. The number of rotatable bonds is 3. The maximum absolute atomic E-state index is 12.9. The standard InChI is InChI=1S/C19H18N4O4/c1-2-7-21-19(25)23-18(24)14-9-16-15(26-10-27-16)8-13(14)17(22-23)11-3-5-12(20)6-4-11/h3-6,8-9H,2,7,10,20H2,1H3,(H,21,25). The molecule has 0 radical (unpaired) electrons. The highest BCUT2D eigenvalue weighted by molar-refractivity contribution is 5.97. The number of nitrogens with two attached hydrogens (primary N) is 1. The van der Waals surface area contributed by atoms with Crippen LogP contribution < -0.4 is 26.1 Å². The maximum atomic E-state index is 12.9. The Labute approximate surface area is 154 Å². The SMILES string of the molecule is CCCNC(=O)n1nc(-c2ccc(N)cc2)c2cc3c(cc2c1=O)OCO3. The van der Waals surface area contributed by atoms with E-state index in [2.05, 4.69) is 10.4 Å². The number of aromatic nitrogens is 2. The Balaban J connectivity index is 1.98. The number of carbonyl (C=O) groups excluding carboxylic acids is 1. The van der Waals surface area contributed by atoms with Crippen molar-refractivity contribution in [2.45, 2.75) is 13.3 Å². The Kier molecular flexibility index (Phi) is 4.15. The van der Waals surface area contributed by atoms with Crippen LogP contribution >= 0.6 is 0 Å². The first kappa shape index (κ1) is 16.9. The number of nitrogens with one attached hydrogen (secondary N) is 1. The van der Waals surface area contributed by atoms with E-state index >= 15 is 0 Å². The van der Waals surface area contributed by atoms with Gasteiger partial charge in [-0.3, -0.25) is 4.79 Å². The third-order valence-corrected chi connectivity index (χ3v) is 4.29. The van der Waals surface area contributed by atoms with E-state index in [-0.39, 0.29) is 6.79 Å². The van der Waals surface area contributed by atoms with Crippen molar-refractivity contribution in [1.82, 2.24) is 15.1 Å². The molecule has 1 aromatic heterocycles. The minimum absolute atomic E-state index is 0.0848. The first-order valence-electron chi connectivity index (χ1n) is 8.59. The lowest BCUT2D eigenvalue weighted by Crippen LogP contribution is -2.38. The van der Waals surface area contributed by atoms with Gasteiger partial charge in [0.2, 0.25) is 6.79 Å². The second-order valence-electron chi connectivity index (χ2n) is 6.17. The number of fused-ring (bicyclic) bond motifs is 2. The van der Waals surface area contributed by atoms with E-state index in [1.807, 2.05) is 6.92 Å². The minimum Gasteiger partial charge on any atom is -0.454 e. The van der Waals surface area contributed by atoms with E-state index in [4.69, 9.17) is 15.2 Å². The van der Waals surface area contributed by atoms with Crippen LogP contribution in [-0.4, -0.2) is 29.1 Å². The van der Waals surface area contributed by atoms with Gasteiger partial charge in [-0.15, -0.1) is 4.68 Å². The van der Waals surface area contributed by atoms with Crippen molar-refractivity contribution >= 4 is 22.5 Å². The number of nitrogen functional groups attached to an aromatic ring is 1. The third-order valence-electron chi connectivity index (χ3n) is 4.29. The Morgan fingerprint density at radius 1 is 1.19 bits per heavy atom. The zero-order chi connectivity index (χ0) is 19.0. The quantitative estimate of drug-likeness (QED) is 0.689. The van der Waals surface area contributed by atoms with E-state index < -0.39 is 11.6 Å². The lowest BCUT2D eigenvalue weighted by Gasteiger charge is -2.12. The monoisotopic (exact) mass is 366 g/mol. The topological polar surface area (TPSA) is 108 Å². The molecule has 0 unspecified atom stereocenters. The van der Waals surface area contributed by atoms with Crippen LogP contribution in [0.25, 0.3) is 22.0 Å². The fourth-order valence-electron chi connectivity index (χ4n) is 2.93. The summed E-state index contributed by atoms with van der Waals surface area (Å²) in [4.78, 5) is 25.3. The van der Waals surface area contributed by atoms with E-state index in [0.29, 0.717) is 40.2 Å². The Morgan fingerprint density at radius 2 is 1.85 bits per heavy atom. The van der Waals surface area contributed by atoms with Crippen LogP contribution in [0.1, 0.15) is 13.3 Å². The zero-order valence-electron chi connectivity index (χ0n) is 14.7. The summed E-state index contributed by atoms with van der Waals surface area (Å²) in [6.45, 7) is 2.46. The summed E-state index contributed by atoms with van der Waals surface area (Å²) in [6.07, 6.45) is 0.748. The Hall–Kier alpha value is -3.55. The molecule has 0 saturated carbocycles. The number of amides is 1. The molecule has 3 N–H and O–H groups in total. The molecule has 0 fully saturated rings. The highest BCUT2D eigenvalue weighted by atomic mass is 16.7. The smallest absolute Gasteiger partial charge is 0.345 e. The lowest BCUT2D eigenvalue weighted by molar-refractivity contribution is 0.174. The predicted molar refractivity (Wildman–Crippen MR) is 101 cm³/mol. The van der Waals surface area contributed by atoms with Gasteiger partial charge in [-0.05, 0) is 30.7 Å². The number of hydrogen-bond donors (Lipinski definition) is 2. The number of carbonyl (C=O) groups is 1. The Bertz CT molecular complexity index is 1090. The molecule has 0 saturated heterocycles. The number of benzene rings is 2. The van der Waals surface area contributed by atoms with Gasteiger partial charge in [0.15, 0.2) is 11.5 Å². The van der Waals surface area contributed by atoms with Crippen LogP contribution in [0.5, 0.6) is 11.5 Å². The van der Waals surface area contributed by atoms with Gasteiger partial charge in [0.25, 0.3) is 5.56 Å². The van der Waals surface area contributed by atoms with E-state index in [1.54, 1.807) is 36.4 Å². The molecule has 2 aromatic carbocycles. The average Bonchev–Trinajstić information content (AvgIpc) is 3.13. The molecule has 0 bridgehead atoms. The number of nitrogens with zero attached hydrogens (tertiary/aromatic N) is 2. The summed E-state index contributed by atoms with van der Waals surface area (Å²) in [6, 6.07) is 9.79. The summed E-state index contributed by atoms with van der Waals surface area (Å²) in [5.41, 5.74) is 7.07. The fourth-order valence-corrected chi connectivity index (χ4v) is 2.93.